The van der Waals surface area contributed by atoms with Crippen molar-refractivity contribution in [1.29, 1.82) is 0 Å². The number of hydrogen-bond acceptors (Lipinski definition) is 7. The summed E-state index contributed by atoms with van der Waals surface area (Å²) in [6, 6.07) is 38.4. The maximum atomic E-state index is 5.49. The van der Waals surface area contributed by atoms with Crippen molar-refractivity contribution in [1.82, 2.24) is 9.97 Å². The van der Waals surface area contributed by atoms with E-state index >= 15 is 0 Å². The summed E-state index contributed by atoms with van der Waals surface area (Å²) in [5, 5.41) is 7.74. The molecule has 0 spiro atoms. The molecule has 5 aromatic rings. The number of allylic oxidation sites excluding steroid dienone is 1. The van der Waals surface area contributed by atoms with Gasteiger partial charge in [-0.2, -0.15) is 5.10 Å². The maximum absolute atomic E-state index is 5.49. The van der Waals surface area contributed by atoms with E-state index in [4.69, 9.17) is 10.1 Å². The molecule has 4 unspecified atom stereocenters. The number of fused-ring (bicyclic) bond motifs is 5. The molecule has 0 amide bonds. The minimum Gasteiger partial charge on any atom is -0.349 e. The van der Waals surface area contributed by atoms with Crippen LogP contribution in [0.3, 0.4) is 0 Å². The molecule has 3 aliphatic rings. The lowest BCUT2D eigenvalue weighted by molar-refractivity contribution is 0.309. The van der Waals surface area contributed by atoms with Crippen LogP contribution in [0.4, 0.5) is 28.6 Å². The van der Waals surface area contributed by atoms with Crippen LogP contribution < -0.4 is 19.7 Å². The zero-order chi connectivity index (χ0) is 29.8. The van der Waals surface area contributed by atoms with E-state index < -0.39 is 0 Å². The number of anilines is 5. The predicted octanol–water partition coefficient (Wildman–Crippen LogP) is 7.31. The average Bonchev–Trinajstić information content (AvgIpc) is 3.61. The Kier molecular flexibility index (Phi) is 6.19. The van der Waals surface area contributed by atoms with Gasteiger partial charge in [-0.25, -0.2) is 15.0 Å². The third kappa shape index (κ3) is 3.85. The number of amidine groups is 1. The molecule has 0 bridgehead atoms. The molecule has 4 heterocycles. The molecule has 3 aliphatic heterocycles. The van der Waals surface area contributed by atoms with Crippen molar-refractivity contribution in [2.45, 2.75) is 25.2 Å². The number of hydrazone groups is 1. The Hall–Kier alpha value is -5.43. The van der Waals surface area contributed by atoms with Gasteiger partial charge in [-0.15, -0.1) is 6.58 Å². The van der Waals surface area contributed by atoms with E-state index in [0.717, 1.165) is 40.0 Å². The van der Waals surface area contributed by atoms with Crippen molar-refractivity contribution >= 4 is 34.4 Å². The summed E-state index contributed by atoms with van der Waals surface area (Å²) < 4.78 is 0. The summed E-state index contributed by atoms with van der Waals surface area (Å²) in [4.78, 5) is 16.4. The molecule has 4 aromatic carbocycles. The van der Waals surface area contributed by atoms with Crippen LogP contribution in [0.2, 0.25) is 0 Å². The Bertz CT molecular complexity index is 1870. The van der Waals surface area contributed by atoms with Gasteiger partial charge in [0.15, 0.2) is 11.7 Å². The first-order chi connectivity index (χ1) is 21.7. The predicted molar refractivity (Wildman–Crippen MR) is 179 cm³/mol. The van der Waals surface area contributed by atoms with E-state index in [1.807, 2.05) is 6.20 Å². The molecule has 0 fully saturated rings. The number of benzene rings is 4. The number of nitrogens with zero attached hydrogens (tertiary/aromatic N) is 7. The van der Waals surface area contributed by atoms with Gasteiger partial charge in [0.2, 0.25) is 0 Å². The van der Waals surface area contributed by atoms with Crippen molar-refractivity contribution in [3.05, 3.63) is 151 Å². The molecular formula is C37H33N7. The molecule has 0 saturated carbocycles. The first-order valence-corrected chi connectivity index (χ1v) is 15.0. The van der Waals surface area contributed by atoms with Crippen LogP contribution in [-0.2, 0) is 0 Å². The number of para-hydroxylation sites is 3. The summed E-state index contributed by atoms with van der Waals surface area (Å²) in [7, 11) is 2.16. The summed E-state index contributed by atoms with van der Waals surface area (Å²) in [5.74, 6) is 1.83. The van der Waals surface area contributed by atoms with E-state index in [-0.39, 0.29) is 24.2 Å². The molecule has 44 heavy (non-hydrogen) atoms. The molecule has 0 radical (unpaired) electrons. The second-order valence-corrected chi connectivity index (χ2v) is 11.6. The standard InChI is InChI=1S/C37H33N7/c1-4-28-29-20-12-14-22-31(29)43-35-32(23-38-24-39-35)41(3)36(43)33(28)37-42(27-18-9-6-10-19-27)34(26-16-7-5-8-17-26)40-44(37)30-21-13-11-15-25(30)2/h4-24,28,33,36-37H,1H2,2-3H3. The topological polar surface area (TPSA) is 51.1 Å². The molecule has 7 heteroatoms. The van der Waals surface area contributed by atoms with Crippen molar-refractivity contribution in [3.8, 4) is 0 Å². The Morgan fingerprint density at radius 3 is 2.16 bits per heavy atom. The highest BCUT2D eigenvalue weighted by Gasteiger charge is 2.56. The Morgan fingerprint density at radius 1 is 0.727 bits per heavy atom. The summed E-state index contributed by atoms with van der Waals surface area (Å²) >= 11 is 0. The third-order valence-electron chi connectivity index (χ3n) is 9.23. The normalized spacial score (nSPS) is 21.9. The lowest BCUT2D eigenvalue weighted by atomic mass is 9.76. The van der Waals surface area contributed by atoms with Gasteiger partial charge in [-0.1, -0.05) is 91.0 Å². The largest absolute Gasteiger partial charge is 0.349 e. The lowest BCUT2D eigenvalue weighted by Gasteiger charge is -2.50. The summed E-state index contributed by atoms with van der Waals surface area (Å²) in [6.45, 7) is 6.61. The highest BCUT2D eigenvalue weighted by Crippen LogP contribution is 2.55. The van der Waals surface area contributed by atoms with Crippen molar-refractivity contribution in [2.75, 3.05) is 26.8 Å². The zero-order valence-corrected chi connectivity index (χ0v) is 24.8. The van der Waals surface area contributed by atoms with Crippen molar-refractivity contribution < 1.29 is 0 Å². The van der Waals surface area contributed by atoms with E-state index in [0.29, 0.717) is 0 Å². The Labute approximate surface area is 258 Å². The summed E-state index contributed by atoms with van der Waals surface area (Å²) in [6.07, 6.45) is 5.42. The van der Waals surface area contributed by atoms with E-state index in [9.17, 15) is 0 Å². The van der Waals surface area contributed by atoms with Crippen LogP contribution in [0.1, 0.15) is 22.6 Å². The smallest absolute Gasteiger partial charge is 0.162 e. The van der Waals surface area contributed by atoms with Gasteiger partial charge in [-0.05, 0) is 42.3 Å². The molecule has 4 atom stereocenters. The monoisotopic (exact) mass is 575 g/mol. The average molecular weight is 576 g/mol. The molecule has 1 aromatic heterocycles. The second kappa shape index (κ2) is 10.4. The molecule has 7 nitrogen and oxygen atoms in total. The van der Waals surface area contributed by atoms with Gasteiger partial charge >= 0.3 is 0 Å². The van der Waals surface area contributed by atoms with Crippen LogP contribution in [0.5, 0.6) is 0 Å². The fraction of sp³-hybridized carbons (Fsp3) is 0.162. The van der Waals surface area contributed by atoms with Crippen molar-refractivity contribution in [2.24, 2.45) is 11.0 Å². The molecule has 0 aliphatic carbocycles. The van der Waals surface area contributed by atoms with Crippen molar-refractivity contribution in [3.63, 3.8) is 0 Å². The second-order valence-electron chi connectivity index (χ2n) is 11.6. The van der Waals surface area contributed by atoms with Gasteiger partial charge < -0.3 is 14.7 Å². The van der Waals surface area contributed by atoms with Crippen LogP contribution in [0.25, 0.3) is 0 Å². The minimum atomic E-state index is -0.206. The Balaban J connectivity index is 1.41. The Morgan fingerprint density at radius 2 is 1.41 bits per heavy atom. The van der Waals surface area contributed by atoms with Crippen LogP contribution in [-0.4, -0.2) is 35.2 Å². The molecular weight excluding hydrogens is 542 g/mol. The van der Waals surface area contributed by atoms with Crippen LogP contribution in [0.15, 0.2) is 139 Å². The molecule has 0 N–H and O–H groups in total. The highest BCUT2D eigenvalue weighted by molar-refractivity contribution is 6.12. The quantitative estimate of drug-likeness (QED) is 0.205. The van der Waals surface area contributed by atoms with Gasteiger partial charge in [0, 0.05) is 29.9 Å². The van der Waals surface area contributed by atoms with Gasteiger partial charge in [0.05, 0.1) is 17.8 Å². The van der Waals surface area contributed by atoms with E-state index in [1.165, 1.54) is 11.1 Å². The zero-order valence-electron chi connectivity index (χ0n) is 24.8. The number of rotatable bonds is 5. The van der Waals surface area contributed by atoms with Gasteiger partial charge in [0.1, 0.15) is 24.3 Å². The van der Waals surface area contributed by atoms with Crippen LogP contribution in [0, 0.1) is 12.8 Å². The van der Waals surface area contributed by atoms with Gasteiger partial charge in [0.25, 0.3) is 0 Å². The minimum absolute atomic E-state index is 0.0187. The molecule has 216 valence electrons. The number of hydrogen-bond donors (Lipinski definition) is 0. The van der Waals surface area contributed by atoms with Gasteiger partial charge in [-0.3, -0.25) is 0 Å². The molecule has 8 rings (SSSR count). The first kappa shape index (κ1) is 26.2. The third-order valence-corrected chi connectivity index (χ3v) is 9.23. The summed E-state index contributed by atoms with van der Waals surface area (Å²) in [5.41, 5.74) is 7.79. The van der Waals surface area contributed by atoms with E-state index in [1.54, 1.807) is 6.33 Å². The van der Waals surface area contributed by atoms with E-state index in [2.05, 4.69) is 161 Å². The number of aryl methyl sites for hydroxylation is 1. The van der Waals surface area contributed by atoms with Crippen LogP contribution >= 0.6 is 0 Å². The fourth-order valence-electron chi connectivity index (χ4n) is 7.33. The highest BCUT2D eigenvalue weighted by atomic mass is 15.6. The number of aromatic nitrogens is 2. The fourth-order valence-corrected chi connectivity index (χ4v) is 7.33. The molecule has 0 saturated heterocycles. The lowest BCUT2D eigenvalue weighted by Crippen LogP contribution is -2.60. The first-order valence-electron chi connectivity index (χ1n) is 15.0. The SMILES string of the molecule is C=CC1c2ccccc2N2c3ncncc3N(C)C2C1C1N(c2ccccc2C)N=C(c2ccccc2)N1c1ccccc1. The maximum Gasteiger partial charge on any atom is 0.162 e.